The van der Waals surface area contributed by atoms with Crippen molar-refractivity contribution in [3.8, 4) is 0 Å². The van der Waals surface area contributed by atoms with Gasteiger partial charge in [0, 0.05) is 12.2 Å². The SMILES string of the molecule is CC(C)c1ccc(CNC(=O)C(=O)Nc2ccccc2C(C)(C)C)cc1. The third kappa shape index (κ3) is 5.19. The first-order valence-electron chi connectivity index (χ1n) is 8.96. The van der Waals surface area contributed by atoms with Crippen molar-refractivity contribution in [2.45, 2.75) is 52.5 Å². The largest absolute Gasteiger partial charge is 0.344 e. The molecule has 2 aromatic rings. The van der Waals surface area contributed by atoms with Crippen LogP contribution in [0.3, 0.4) is 0 Å². The highest BCUT2D eigenvalue weighted by atomic mass is 16.2. The van der Waals surface area contributed by atoms with Crippen LogP contribution in [0.25, 0.3) is 0 Å². The summed E-state index contributed by atoms with van der Waals surface area (Å²) in [6.45, 7) is 10.8. The molecule has 2 N–H and O–H groups in total. The maximum atomic E-state index is 12.2. The van der Waals surface area contributed by atoms with Crippen LogP contribution in [0.2, 0.25) is 0 Å². The van der Waals surface area contributed by atoms with Gasteiger partial charge in [0.15, 0.2) is 0 Å². The van der Waals surface area contributed by atoms with Crippen LogP contribution in [0, 0.1) is 0 Å². The lowest BCUT2D eigenvalue weighted by Gasteiger charge is -2.22. The summed E-state index contributed by atoms with van der Waals surface area (Å²) in [5.74, 6) is -0.825. The quantitative estimate of drug-likeness (QED) is 0.803. The fraction of sp³-hybridized carbons (Fsp3) is 0.364. The van der Waals surface area contributed by atoms with Crippen molar-refractivity contribution in [3.63, 3.8) is 0 Å². The van der Waals surface area contributed by atoms with E-state index in [4.69, 9.17) is 0 Å². The van der Waals surface area contributed by atoms with Crippen LogP contribution in [-0.4, -0.2) is 11.8 Å². The average Bonchev–Trinajstić information content (AvgIpc) is 2.59. The number of hydrogen-bond acceptors (Lipinski definition) is 2. The van der Waals surface area contributed by atoms with E-state index in [1.807, 2.05) is 48.5 Å². The molecule has 0 fully saturated rings. The fourth-order valence-electron chi connectivity index (χ4n) is 2.71. The molecule has 0 aliphatic carbocycles. The Morgan fingerprint density at radius 2 is 1.54 bits per heavy atom. The Hall–Kier alpha value is -2.62. The summed E-state index contributed by atoms with van der Waals surface area (Å²) in [5, 5.41) is 5.40. The lowest BCUT2D eigenvalue weighted by molar-refractivity contribution is -0.136. The van der Waals surface area contributed by atoms with E-state index in [0.717, 1.165) is 11.1 Å². The Morgan fingerprint density at radius 1 is 0.923 bits per heavy atom. The van der Waals surface area contributed by atoms with E-state index in [0.29, 0.717) is 18.2 Å². The monoisotopic (exact) mass is 352 g/mol. The highest BCUT2D eigenvalue weighted by molar-refractivity contribution is 6.39. The van der Waals surface area contributed by atoms with Gasteiger partial charge >= 0.3 is 11.8 Å². The maximum absolute atomic E-state index is 12.2. The minimum Gasteiger partial charge on any atom is -0.344 e. The number of amides is 2. The zero-order valence-electron chi connectivity index (χ0n) is 16.2. The van der Waals surface area contributed by atoms with Gasteiger partial charge in [0.05, 0.1) is 0 Å². The van der Waals surface area contributed by atoms with Crippen LogP contribution in [0.5, 0.6) is 0 Å². The van der Waals surface area contributed by atoms with E-state index in [1.54, 1.807) is 0 Å². The summed E-state index contributed by atoms with van der Waals surface area (Å²) in [5.41, 5.74) is 3.74. The zero-order chi connectivity index (χ0) is 19.3. The molecular weight excluding hydrogens is 324 g/mol. The van der Waals surface area contributed by atoms with Crippen molar-refractivity contribution in [2.24, 2.45) is 0 Å². The summed E-state index contributed by atoms with van der Waals surface area (Å²) in [7, 11) is 0. The van der Waals surface area contributed by atoms with Crippen LogP contribution in [0.1, 0.15) is 57.2 Å². The van der Waals surface area contributed by atoms with Crippen molar-refractivity contribution >= 4 is 17.5 Å². The fourth-order valence-corrected chi connectivity index (χ4v) is 2.71. The second-order valence-electron chi connectivity index (χ2n) is 7.83. The number of nitrogens with one attached hydrogen (secondary N) is 2. The molecule has 0 bridgehead atoms. The number of carbonyl (C=O) groups excluding carboxylic acids is 2. The van der Waals surface area contributed by atoms with Gasteiger partial charge in [0.25, 0.3) is 0 Å². The molecule has 0 radical (unpaired) electrons. The molecule has 4 heteroatoms. The Balaban J connectivity index is 1.97. The van der Waals surface area contributed by atoms with E-state index in [2.05, 4.69) is 45.3 Å². The molecule has 26 heavy (non-hydrogen) atoms. The topological polar surface area (TPSA) is 58.2 Å². The van der Waals surface area contributed by atoms with Gasteiger partial charge < -0.3 is 10.6 Å². The molecule has 0 saturated heterocycles. The molecule has 2 amide bonds. The molecule has 0 unspecified atom stereocenters. The average molecular weight is 352 g/mol. The molecule has 2 aromatic carbocycles. The lowest BCUT2D eigenvalue weighted by Crippen LogP contribution is -2.35. The number of anilines is 1. The van der Waals surface area contributed by atoms with Gasteiger partial charge in [-0.25, -0.2) is 0 Å². The minimum atomic E-state index is -0.652. The first-order chi connectivity index (χ1) is 12.2. The van der Waals surface area contributed by atoms with Crippen LogP contribution in [0.4, 0.5) is 5.69 Å². The molecule has 0 heterocycles. The van der Waals surface area contributed by atoms with Crippen LogP contribution >= 0.6 is 0 Å². The summed E-state index contributed by atoms with van der Waals surface area (Å²) >= 11 is 0. The molecule has 138 valence electrons. The zero-order valence-corrected chi connectivity index (χ0v) is 16.2. The second kappa shape index (κ2) is 8.17. The van der Waals surface area contributed by atoms with Crippen LogP contribution < -0.4 is 10.6 Å². The van der Waals surface area contributed by atoms with Gasteiger partial charge in [-0.05, 0) is 34.1 Å². The summed E-state index contributed by atoms with van der Waals surface area (Å²) in [6, 6.07) is 15.6. The second-order valence-corrected chi connectivity index (χ2v) is 7.83. The van der Waals surface area contributed by atoms with E-state index in [9.17, 15) is 9.59 Å². The van der Waals surface area contributed by atoms with Gasteiger partial charge in [0.2, 0.25) is 0 Å². The van der Waals surface area contributed by atoms with Gasteiger partial charge in [-0.1, -0.05) is 77.1 Å². The van der Waals surface area contributed by atoms with E-state index < -0.39 is 11.8 Å². The van der Waals surface area contributed by atoms with Gasteiger partial charge in [-0.2, -0.15) is 0 Å². The Labute approximate surface area is 156 Å². The van der Waals surface area contributed by atoms with E-state index in [1.165, 1.54) is 5.56 Å². The number of rotatable bonds is 4. The Kier molecular flexibility index (Phi) is 6.19. The summed E-state index contributed by atoms with van der Waals surface area (Å²) in [6.07, 6.45) is 0. The highest BCUT2D eigenvalue weighted by Gasteiger charge is 2.20. The number of hydrogen-bond donors (Lipinski definition) is 2. The third-order valence-electron chi connectivity index (χ3n) is 4.29. The van der Waals surface area contributed by atoms with E-state index >= 15 is 0 Å². The molecular formula is C22H28N2O2. The lowest BCUT2D eigenvalue weighted by atomic mass is 9.86. The smallest absolute Gasteiger partial charge is 0.313 e. The Bertz CT molecular complexity index is 771. The van der Waals surface area contributed by atoms with Gasteiger partial charge in [0.1, 0.15) is 0 Å². The normalized spacial score (nSPS) is 11.3. The first-order valence-corrected chi connectivity index (χ1v) is 8.96. The number of carbonyl (C=O) groups is 2. The molecule has 0 aliphatic rings. The highest BCUT2D eigenvalue weighted by Crippen LogP contribution is 2.29. The molecule has 0 aliphatic heterocycles. The minimum absolute atomic E-state index is 0.126. The van der Waals surface area contributed by atoms with E-state index in [-0.39, 0.29) is 5.41 Å². The summed E-state index contributed by atoms with van der Waals surface area (Å²) in [4.78, 5) is 24.4. The predicted octanol–water partition coefficient (Wildman–Crippen LogP) is 4.36. The predicted molar refractivity (Wildman–Crippen MR) is 106 cm³/mol. The number of para-hydroxylation sites is 1. The first kappa shape index (κ1) is 19.7. The van der Waals surface area contributed by atoms with Crippen molar-refractivity contribution in [1.29, 1.82) is 0 Å². The van der Waals surface area contributed by atoms with Gasteiger partial charge in [-0.15, -0.1) is 0 Å². The van der Waals surface area contributed by atoms with Crippen LogP contribution in [0.15, 0.2) is 48.5 Å². The van der Waals surface area contributed by atoms with Crippen molar-refractivity contribution < 1.29 is 9.59 Å². The maximum Gasteiger partial charge on any atom is 0.313 e. The molecule has 0 atom stereocenters. The molecule has 2 rings (SSSR count). The van der Waals surface area contributed by atoms with Crippen molar-refractivity contribution in [2.75, 3.05) is 5.32 Å². The third-order valence-corrected chi connectivity index (χ3v) is 4.29. The standard InChI is InChI=1S/C22H28N2O2/c1-15(2)17-12-10-16(11-13-17)14-23-20(25)21(26)24-19-9-7-6-8-18(19)22(3,4)5/h6-13,15H,14H2,1-5H3,(H,23,25)(H,24,26). The molecule has 0 aromatic heterocycles. The molecule has 0 spiro atoms. The molecule has 4 nitrogen and oxygen atoms in total. The Morgan fingerprint density at radius 3 is 2.12 bits per heavy atom. The van der Waals surface area contributed by atoms with Crippen molar-refractivity contribution in [1.82, 2.24) is 5.32 Å². The molecule has 0 saturated carbocycles. The summed E-state index contributed by atoms with van der Waals surface area (Å²) < 4.78 is 0. The van der Waals surface area contributed by atoms with Crippen molar-refractivity contribution in [3.05, 3.63) is 65.2 Å². The number of benzene rings is 2. The van der Waals surface area contributed by atoms with Crippen LogP contribution in [-0.2, 0) is 21.5 Å². The van der Waals surface area contributed by atoms with Gasteiger partial charge in [-0.3, -0.25) is 9.59 Å².